The van der Waals surface area contributed by atoms with E-state index >= 15 is 0 Å². The van der Waals surface area contributed by atoms with Crippen LogP contribution in [0, 0.1) is 29.1 Å². The molecule has 5 nitrogen and oxygen atoms in total. The lowest BCUT2D eigenvalue weighted by molar-refractivity contribution is -0.124. The highest BCUT2D eigenvalue weighted by molar-refractivity contribution is 7.15. The summed E-state index contributed by atoms with van der Waals surface area (Å²) < 4.78 is 0. The molecule has 1 saturated carbocycles. The lowest BCUT2D eigenvalue weighted by Gasteiger charge is -2.30. The van der Waals surface area contributed by atoms with E-state index in [0.29, 0.717) is 16.5 Å². The lowest BCUT2D eigenvalue weighted by Crippen LogP contribution is -2.45. The number of hydrazine groups is 1. The number of rotatable bonds is 4. The molecule has 0 unspecified atom stereocenters. The molecule has 0 spiro atoms. The first-order chi connectivity index (χ1) is 13.5. The Kier molecular flexibility index (Phi) is 9.88. The van der Waals surface area contributed by atoms with Gasteiger partial charge in [0.25, 0.3) is 0 Å². The summed E-state index contributed by atoms with van der Waals surface area (Å²) in [6.07, 6.45) is 5.01. The van der Waals surface area contributed by atoms with E-state index in [4.69, 9.17) is 0 Å². The molecule has 1 aliphatic carbocycles. The Bertz CT molecular complexity index is 744. The van der Waals surface area contributed by atoms with Crippen LogP contribution in [0.25, 0.3) is 0 Å². The lowest BCUT2D eigenvalue weighted by atomic mass is 9.82. The van der Waals surface area contributed by atoms with E-state index in [0.717, 1.165) is 37.0 Å². The Balaban J connectivity index is 0.00000132. The summed E-state index contributed by atoms with van der Waals surface area (Å²) in [5.74, 6) is 5.64. The van der Waals surface area contributed by atoms with Crippen molar-refractivity contribution in [3.8, 4) is 11.8 Å². The predicted molar refractivity (Wildman–Crippen MR) is 121 cm³/mol. The van der Waals surface area contributed by atoms with Crippen LogP contribution in [0.3, 0.4) is 0 Å². The zero-order valence-electron chi connectivity index (χ0n) is 18.9. The molecule has 2 N–H and O–H groups in total. The summed E-state index contributed by atoms with van der Waals surface area (Å²) in [5, 5.41) is 11.0. The van der Waals surface area contributed by atoms with Crippen molar-refractivity contribution in [3.05, 3.63) is 15.8 Å². The number of hydrogen-bond donors (Lipinski definition) is 2. The summed E-state index contributed by atoms with van der Waals surface area (Å²) >= 11 is 1.11. The molecule has 1 aromatic heterocycles. The molecule has 2 rings (SSSR count). The molecule has 1 fully saturated rings. The molecule has 0 radical (unpaired) electrons. The van der Waals surface area contributed by atoms with Crippen LogP contribution in [0.2, 0.25) is 0 Å². The first kappa shape index (κ1) is 25.2. The second kappa shape index (κ2) is 11.4. The highest BCUT2D eigenvalue weighted by Crippen LogP contribution is 2.34. The van der Waals surface area contributed by atoms with Gasteiger partial charge in [-0.05, 0) is 58.4 Å². The van der Waals surface area contributed by atoms with Crippen molar-refractivity contribution in [2.75, 3.05) is 12.1 Å². The number of anilines is 1. The minimum Gasteiger partial charge on any atom is -0.477 e. The van der Waals surface area contributed by atoms with E-state index in [1.54, 1.807) is 13.1 Å². The second-order valence-electron chi connectivity index (χ2n) is 8.69. The predicted octanol–water partition coefficient (Wildman–Crippen LogP) is 5.55. The molecule has 0 bridgehead atoms. The van der Waals surface area contributed by atoms with Crippen LogP contribution >= 0.6 is 11.3 Å². The molecule has 29 heavy (non-hydrogen) atoms. The third-order valence-electron chi connectivity index (χ3n) is 4.52. The fourth-order valence-electron chi connectivity index (χ4n) is 3.05. The van der Waals surface area contributed by atoms with E-state index in [2.05, 4.69) is 38.0 Å². The molecule has 6 heteroatoms. The third kappa shape index (κ3) is 7.83. The Hall–Kier alpha value is -1.84. The van der Waals surface area contributed by atoms with E-state index in [-0.39, 0.29) is 22.1 Å². The Morgan fingerprint density at radius 3 is 2.24 bits per heavy atom. The van der Waals surface area contributed by atoms with Crippen LogP contribution in [-0.2, 0) is 4.79 Å². The number of carbonyl (C=O) groups is 2. The summed E-state index contributed by atoms with van der Waals surface area (Å²) in [5.41, 5.74) is 3.09. The number of amides is 1. The maximum Gasteiger partial charge on any atom is 0.348 e. The number of nitrogens with one attached hydrogen (secondary N) is 1. The Morgan fingerprint density at radius 2 is 1.79 bits per heavy atom. The van der Waals surface area contributed by atoms with Crippen LogP contribution in [0.1, 0.15) is 88.2 Å². The zero-order valence-corrected chi connectivity index (χ0v) is 19.7. The Morgan fingerprint density at radius 1 is 1.24 bits per heavy atom. The van der Waals surface area contributed by atoms with Gasteiger partial charge in [-0.25, -0.2) is 15.2 Å². The first-order valence-electron chi connectivity index (χ1n) is 10.5. The van der Waals surface area contributed by atoms with Gasteiger partial charge in [-0.3, -0.25) is 4.79 Å². The summed E-state index contributed by atoms with van der Waals surface area (Å²) in [7, 11) is 1.65. The van der Waals surface area contributed by atoms with Crippen molar-refractivity contribution < 1.29 is 14.7 Å². The highest BCUT2D eigenvalue weighted by Gasteiger charge is 2.31. The minimum absolute atomic E-state index is 0.0602. The van der Waals surface area contributed by atoms with Crippen LogP contribution in [0.4, 0.5) is 5.69 Å². The van der Waals surface area contributed by atoms with Gasteiger partial charge in [0, 0.05) is 18.4 Å². The molecule has 1 amide bonds. The van der Waals surface area contributed by atoms with Gasteiger partial charge in [0.2, 0.25) is 5.91 Å². The van der Waals surface area contributed by atoms with Crippen LogP contribution in [0.5, 0.6) is 0 Å². The van der Waals surface area contributed by atoms with Crippen molar-refractivity contribution >= 4 is 28.9 Å². The highest BCUT2D eigenvalue weighted by atomic mass is 32.1. The number of aromatic carboxylic acids is 1. The largest absolute Gasteiger partial charge is 0.477 e. The molecule has 1 heterocycles. The summed E-state index contributed by atoms with van der Waals surface area (Å²) in [4.78, 5) is 25.5. The summed E-state index contributed by atoms with van der Waals surface area (Å²) in [6, 6.07) is 1.70. The number of nitrogens with zero attached hydrogens (tertiary/aromatic N) is 1. The fourth-order valence-corrected chi connectivity index (χ4v) is 3.89. The van der Waals surface area contributed by atoms with Gasteiger partial charge in [-0.2, -0.15) is 0 Å². The molecule has 1 aromatic rings. The van der Waals surface area contributed by atoms with E-state index in [1.807, 2.05) is 20.8 Å². The average molecular weight is 421 g/mol. The van der Waals surface area contributed by atoms with Crippen LogP contribution in [-0.4, -0.2) is 24.0 Å². The SMILES string of the molecule is CCC.CNN(C(=O)C1CCC(C)CC1)c1cc(C#CC(C)(C)C)sc1C(=O)O. The number of thiophene rings is 1. The van der Waals surface area contributed by atoms with Crippen molar-refractivity contribution in [1.29, 1.82) is 0 Å². The standard InChI is InChI=1S/C20H28N2O3S.C3H8/c1-13-6-8-14(9-7-13)18(23)22(21-5)16-12-15(10-11-20(2,3)4)26-17(16)19(24)25;1-3-2/h12-14,21H,6-9H2,1-5H3,(H,24,25);3H2,1-2H3. The van der Waals surface area contributed by atoms with Gasteiger partial charge in [0.05, 0.1) is 10.6 Å². The molecular weight excluding hydrogens is 384 g/mol. The number of carboxylic acid groups (broad SMARTS) is 1. The second-order valence-corrected chi connectivity index (χ2v) is 9.74. The number of carbonyl (C=O) groups excluding carboxylic acids is 1. The van der Waals surface area contributed by atoms with Crippen LogP contribution in [0.15, 0.2) is 6.07 Å². The van der Waals surface area contributed by atoms with Gasteiger partial charge < -0.3 is 5.11 Å². The van der Waals surface area contributed by atoms with Gasteiger partial charge in [0.15, 0.2) is 0 Å². The third-order valence-corrected chi connectivity index (χ3v) is 5.55. The Labute approximate surface area is 179 Å². The van der Waals surface area contributed by atoms with Crippen molar-refractivity contribution in [1.82, 2.24) is 5.43 Å². The van der Waals surface area contributed by atoms with Crippen LogP contribution < -0.4 is 10.4 Å². The minimum atomic E-state index is -1.04. The first-order valence-corrected chi connectivity index (χ1v) is 11.3. The van der Waals surface area contributed by atoms with Gasteiger partial charge in [0.1, 0.15) is 4.88 Å². The van der Waals surface area contributed by atoms with Gasteiger partial charge in [-0.1, -0.05) is 39.0 Å². The monoisotopic (exact) mass is 420 g/mol. The molecular formula is C23H36N2O3S. The van der Waals surface area contributed by atoms with E-state index in [1.165, 1.54) is 11.4 Å². The average Bonchev–Trinajstić information content (AvgIpc) is 3.06. The van der Waals surface area contributed by atoms with Gasteiger partial charge >= 0.3 is 5.97 Å². The molecule has 0 atom stereocenters. The van der Waals surface area contributed by atoms with Gasteiger partial charge in [-0.15, -0.1) is 11.3 Å². The fraction of sp³-hybridized carbons (Fsp3) is 0.652. The van der Waals surface area contributed by atoms with E-state index in [9.17, 15) is 14.7 Å². The molecule has 162 valence electrons. The maximum atomic E-state index is 13.0. The molecule has 1 aliphatic rings. The van der Waals surface area contributed by atoms with Crippen molar-refractivity contribution in [3.63, 3.8) is 0 Å². The van der Waals surface area contributed by atoms with E-state index < -0.39 is 5.97 Å². The zero-order chi connectivity index (χ0) is 22.2. The smallest absolute Gasteiger partial charge is 0.348 e. The van der Waals surface area contributed by atoms with Crippen molar-refractivity contribution in [2.45, 2.75) is 73.6 Å². The molecule has 0 aliphatic heterocycles. The molecule has 0 aromatic carbocycles. The number of carboxylic acids is 1. The quantitative estimate of drug-likeness (QED) is 0.495. The van der Waals surface area contributed by atoms with Crippen molar-refractivity contribution in [2.24, 2.45) is 17.3 Å². The topological polar surface area (TPSA) is 69.6 Å². The normalized spacial score (nSPS) is 18.7. The molecule has 0 saturated heterocycles. The number of hydrogen-bond acceptors (Lipinski definition) is 4. The maximum absolute atomic E-state index is 13.0. The summed E-state index contributed by atoms with van der Waals surface area (Å²) in [6.45, 7) is 12.5.